The van der Waals surface area contributed by atoms with Crippen LogP contribution >= 0.6 is 0 Å². The van der Waals surface area contributed by atoms with Crippen LogP contribution in [0.15, 0.2) is 54.6 Å². The highest BCUT2D eigenvalue weighted by molar-refractivity contribution is 5.97. The second kappa shape index (κ2) is 5.49. The number of aromatic nitrogens is 1. The van der Waals surface area contributed by atoms with Crippen molar-refractivity contribution in [2.24, 2.45) is 0 Å². The molecule has 1 heterocycles. The Morgan fingerprint density at radius 1 is 0.952 bits per heavy atom. The van der Waals surface area contributed by atoms with Gasteiger partial charge in [-0.05, 0) is 42.7 Å². The fraction of sp³-hybridized carbons (Fsp3) is 0.158. The van der Waals surface area contributed by atoms with Crippen molar-refractivity contribution in [3.63, 3.8) is 0 Å². The van der Waals surface area contributed by atoms with Crippen molar-refractivity contribution < 1.29 is 4.79 Å². The Morgan fingerprint density at radius 3 is 2.57 bits per heavy atom. The summed E-state index contributed by atoms with van der Waals surface area (Å²) in [6, 6.07) is 17.8. The number of rotatable bonds is 3. The first-order valence-corrected chi connectivity index (χ1v) is 7.08. The monoisotopic (exact) mass is 275 g/mol. The van der Waals surface area contributed by atoms with Crippen molar-refractivity contribution in [2.45, 2.75) is 20.3 Å². The van der Waals surface area contributed by atoms with Gasteiger partial charge in [-0.1, -0.05) is 42.5 Å². The molecule has 0 spiro atoms. The molecule has 2 nitrogen and oxygen atoms in total. The summed E-state index contributed by atoms with van der Waals surface area (Å²) in [4.78, 5) is 16.9. The van der Waals surface area contributed by atoms with Crippen LogP contribution < -0.4 is 0 Å². The highest BCUT2D eigenvalue weighted by Gasteiger charge is 2.10. The van der Waals surface area contributed by atoms with Crippen molar-refractivity contribution in [1.82, 2.24) is 4.98 Å². The molecule has 0 saturated carbocycles. The first-order chi connectivity index (χ1) is 10.1. The van der Waals surface area contributed by atoms with Crippen molar-refractivity contribution in [2.75, 3.05) is 0 Å². The third-order valence-electron chi connectivity index (χ3n) is 3.82. The molecule has 0 aliphatic carbocycles. The maximum atomic E-state index is 12.4. The molecule has 0 saturated heterocycles. The van der Waals surface area contributed by atoms with Gasteiger partial charge in [0.25, 0.3) is 0 Å². The molecular weight excluding hydrogens is 258 g/mol. The van der Waals surface area contributed by atoms with E-state index < -0.39 is 0 Å². The number of nitrogens with zero attached hydrogens (tertiary/aromatic N) is 1. The fourth-order valence-corrected chi connectivity index (χ4v) is 2.41. The number of fused-ring (bicyclic) bond motifs is 1. The highest BCUT2D eigenvalue weighted by atomic mass is 16.1. The average molecular weight is 275 g/mol. The molecule has 1 aromatic heterocycles. The minimum atomic E-state index is 0.0593. The van der Waals surface area contributed by atoms with Gasteiger partial charge >= 0.3 is 0 Å². The molecule has 0 aliphatic rings. The summed E-state index contributed by atoms with van der Waals surface area (Å²) in [5.74, 6) is 0.0593. The Bertz CT molecular complexity index is 821. The first kappa shape index (κ1) is 13.5. The molecule has 104 valence electrons. The topological polar surface area (TPSA) is 30.0 Å². The molecule has 3 rings (SSSR count). The molecule has 3 aromatic rings. The maximum Gasteiger partial charge on any atom is 0.185 e. The van der Waals surface area contributed by atoms with E-state index in [0.29, 0.717) is 12.1 Å². The van der Waals surface area contributed by atoms with E-state index in [-0.39, 0.29) is 5.78 Å². The number of hydrogen-bond donors (Lipinski definition) is 0. The second-order valence-corrected chi connectivity index (χ2v) is 5.41. The number of carbonyl (C=O) groups excluding carboxylic acids is 1. The SMILES string of the molecule is Cc1ccc(CC(=O)c2ccc3ccccc3n2)cc1C. The van der Waals surface area contributed by atoms with Crippen molar-refractivity contribution >= 4 is 16.7 Å². The lowest BCUT2D eigenvalue weighted by Crippen LogP contribution is -2.06. The fourth-order valence-electron chi connectivity index (χ4n) is 2.41. The Labute approximate surface area is 124 Å². The van der Waals surface area contributed by atoms with Gasteiger partial charge in [0.2, 0.25) is 0 Å². The Morgan fingerprint density at radius 2 is 1.76 bits per heavy atom. The zero-order chi connectivity index (χ0) is 14.8. The van der Waals surface area contributed by atoms with Crippen molar-refractivity contribution in [1.29, 1.82) is 0 Å². The molecule has 0 amide bonds. The Kier molecular flexibility index (Phi) is 3.53. The van der Waals surface area contributed by atoms with Gasteiger partial charge in [0, 0.05) is 11.8 Å². The summed E-state index contributed by atoms with van der Waals surface area (Å²) >= 11 is 0. The van der Waals surface area contributed by atoms with E-state index in [1.54, 1.807) is 0 Å². The number of hydrogen-bond acceptors (Lipinski definition) is 2. The van der Waals surface area contributed by atoms with E-state index >= 15 is 0 Å². The molecule has 0 atom stereocenters. The van der Waals surface area contributed by atoms with Gasteiger partial charge in [0.05, 0.1) is 5.52 Å². The average Bonchev–Trinajstić information content (AvgIpc) is 2.50. The van der Waals surface area contributed by atoms with Crippen LogP contribution in [-0.2, 0) is 6.42 Å². The smallest absolute Gasteiger partial charge is 0.185 e. The summed E-state index contributed by atoms with van der Waals surface area (Å²) in [5.41, 5.74) is 4.90. The van der Waals surface area contributed by atoms with Gasteiger partial charge in [-0.2, -0.15) is 0 Å². The van der Waals surface area contributed by atoms with Crippen LogP contribution in [0, 0.1) is 13.8 Å². The van der Waals surface area contributed by atoms with E-state index in [0.717, 1.165) is 16.5 Å². The zero-order valence-corrected chi connectivity index (χ0v) is 12.3. The second-order valence-electron chi connectivity index (χ2n) is 5.41. The number of benzene rings is 2. The molecular formula is C19H17NO. The lowest BCUT2D eigenvalue weighted by Gasteiger charge is -2.05. The van der Waals surface area contributed by atoms with E-state index in [9.17, 15) is 4.79 Å². The Balaban J connectivity index is 1.87. The summed E-state index contributed by atoms with van der Waals surface area (Å²) in [6.07, 6.45) is 0.395. The number of Topliss-reactive ketones (excluding diaryl/α,β-unsaturated/α-hetero) is 1. The number of para-hydroxylation sites is 1. The minimum absolute atomic E-state index is 0.0593. The molecule has 0 unspecified atom stereocenters. The summed E-state index contributed by atoms with van der Waals surface area (Å²) in [7, 11) is 0. The van der Waals surface area contributed by atoms with Crippen LogP contribution in [0.4, 0.5) is 0 Å². The number of aryl methyl sites for hydroxylation is 2. The van der Waals surface area contributed by atoms with Gasteiger partial charge in [0.15, 0.2) is 5.78 Å². The minimum Gasteiger partial charge on any atom is -0.292 e. The summed E-state index contributed by atoms with van der Waals surface area (Å²) in [5, 5.41) is 1.06. The van der Waals surface area contributed by atoms with Gasteiger partial charge < -0.3 is 0 Å². The molecule has 0 N–H and O–H groups in total. The van der Waals surface area contributed by atoms with E-state index in [2.05, 4.69) is 31.0 Å². The molecule has 0 bridgehead atoms. The first-order valence-electron chi connectivity index (χ1n) is 7.08. The number of ketones is 1. The zero-order valence-electron chi connectivity index (χ0n) is 12.3. The standard InChI is InChI=1S/C19H17NO/c1-13-7-8-15(11-14(13)2)12-19(21)18-10-9-16-5-3-4-6-17(16)20-18/h3-11H,12H2,1-2H3. The van der Waals surface area contributed by atoms with Crippen LogP contribution in [0.1, 0.15) is 27.2 Å². The third-order valence-corrected chi connectivity index (χ3v) is 3.82. The largest absolute Gasteiger partial charge is 0.292 e. The lowest BCUT2D eigenvalue weighted by molar-refractivity contribution is 0.0988. The molecule has 2 heteroatoms. The van der Waals surface area contributed by atoms with Crippen LogP contribution in [0.25, 0.3) is 10.9 Å². The van der Waals surface area contributed by atoms with Gasteiger partial charge in [-0.25, -0.2) is 4.98 Å². The lowest BCUT2D eigenvalue weighted by atomic mass is 10.0. The molecule has 21 heavy (non-hydrogen) atoms. The van der Waals surface area contributed by atoms with Gasteiger partial charge in [0.1, 0.15) is 5.69 Å². The van der Waals surface area contributed by atoms with Crippen LogP contribution in [0.3, 0.4) is 0 Å². The number of carbonyl (C=O) groups is 1. The number of pyridine rings is 1. The van der Waals surface area contributed by atoms with Crippen LogP contribution in [0.2, 0.25) is 0 Å². The molecule has 0 aliphatic heterocycles. The van der Waals surface area contributed by atoms with E-state index in [1.807, 2.05) is 42.5 Å². The van der Waals surface area contributed by atoms with Gasteiger partial charge in [-0.3, -0.25) is 4.79 Å². The van der Waals surface area contributed by atoms with E-state index in [1.165, 1.54) is 11.1 Å². The normalized spacial score (nSPS) is 10.8. The molecule has 0 fully saturated rings. The highest BCUT2D eigenvalue weighted by Crippen LogP contribution is 2.15. The molecule has 2 aromatic carbocycles. The Hall–Kier alpha value is -2.48. The predicted octanol–water partition coefficient (Wildman–Crippen LogP) is 4.28. The van der Waals surface area contributed by atoms with Crippen LogP contribution in [0.5, 0.6) is 0 Å². The van der Waals surface area contributed by atoms with Crippen molar-refractivity contribution in [3.8, 4) is 0 Å². The molecule has 0 radical (unpaired) electrons. The summed E-state index contributed by atoms with van der Waals surface area (Å²) < 4.78 is 0. The van der Waals surface area contributed by atoms with E-state index in [4.69, 9.17) is 0 Å². The quantitative estimate of drug-likeness (QED) is 0.668. The third kappa shape index (κ3) is 2.84. The van der Waals surface area contributed by atoms with Crippen LogP contribution in [-0.4, -0.2) is 10.8 Å². The van der Waals surface area contributed by atoms with Gasteiger partial charge in [-0.15, -0.1) is 0 Å². The maximum absolute atomic E-state index is 12.4. The predicted molar refractivity (Wildman–Crippen MR) is 85.7 cm³/mol. The summed E-state index contributed by atoms with van der Waals surface area (Å²) in [6.45, 7) is 4.14. The van der Waals surface area contributed by atoms with Crippen molar-refractivity contribution in [3.05, 3.63) is 77.0 Å².